The van der Waals surface area contributed by atoms with Gasteiger partial charge in [-0.15, -0.1) is 0 Å². The molecule has 2 bridgehead atoms. The van der Waals surface area contributed by atoms with Crippen molar-refractivity contribution in [3.63, 3.8) is 0 Å². The first-order valence-electron chi connectivity index (χ1n) is 12.6. The third kappa shape index (κ3) is 4.44. The molecule has 3 saturated carbocycles. The number of rotatable bonds is 9. The van der Waals surface area contributed by atoms with Gasteiger partial charge in [0.2, 0.25) is 0 Å². The number of aliphatic imine (C=N–C) groups is 1. The molecule has 0 saturated heterocycles. The van der Waals surface area contributed by atoms with Gasteiger partial charge >= 0.3 is 0 Å². The first kappa shape index (κ1) is 23.5. The molecule has 3 aliphatic carbocycles. The molecule has 0 aliphatic heterocycles. The highest BCUT2D eigenvalue weighted by Crippen LogP contribution is 2.69. The highest BCUT2D eigenvalue weighted by molar-refractivity contribution is 6.38. The third-order valence-corrected chi connectivity index (χ3v) is 7.62. The van der Waals surface area contributed by atoms with Crippen LogP contribution in [0.25, 0.3) is 11.3 Å². The Bertz CT molecular complexity index is 1490. The third-order valence-electron chi connectivity index (χ3n) is 7.62. The lowest BCUT2D eigenvalue weighted by molar-refractivity contribution is -0.209. The van der Waals surface area contributed by atoms with Gasteiger partial charge in [-0.25, -0.2) is 9.37 Å². The minimum Gasteiger partial charge on any atom is -0.323 e. The van der Waals surface area contributed by atoms with E-state index in [2.05, 4.69) is 68.2 Å². The lowest BCUT2D eigenvalue weighted by Crippen LogP contribution is -2.67. The minimum atomic E-state index is -0.838. The molecule has 0 radical (unpaired) electrons. The van der Waals surface area contributed by atoms with Crippen LogP contribution in [0, 0.1) is 19.3 Å². The number of nitrogens with two attached hydrogens (primary N) is 1. The summed E-state index contributed by atoms with van der Waals surface area (Å²) in [5.41, 5.74) is 6.82. The van der Waals surface area contributed by atoms with Gasteiger partial charge in [-0.05, 0) is 68.4 Å². The zero-order valence-corrected chi connectivity index (χ0v) is 21.2. The van der Waals surface area contributed by atoms with E-state index in [1.807, 2.05) is 28.9 Å². The van der Waals surface area contributed by atoms with E-state index in [0.717, 1.165) is 66.3 Å². The Kier molecular flexibility index (Phi) is 5.67. The van der Waals surface area contributed by atoms with Crippen LogP contribution >= 0.6 is 0 Å². The summed E-state index contributed by atoms with van der Waals surface area (Å²) in [5.74, 6) is 5.70. The summed E-state index contributed by atoms with van der Waals surface area (Å²) >= 11 is 0. The maximum absolute atomic E-state index is 13.7. The van der Waals surface area contributed by atoms with Gasteiger partial charge in [-0.2, -0.15) is 5.10 Å². The molecule has 0 amide bonds. The van der Waals surface area contributed by atoms with Crippen molar-refractivity contribution in [2.75, 3.05) is 6.54 Å². The summed E-state index contributed by atoms with van der Waals surface area (Å²) < 4.78 is 17.9. The van der Waals surface area contributed by atoms with Crippen molar-refractivity contribution in [2.45, 2.75) is 51.9 Å². The Morgan fingerprint density at radius 1 is 1.14 bits per heavy atom. The largest absolute Gasteiger partial charge is 0.323 e. The smallest absolute Gasteiger partial charge is 0.137 e. The highest BCUT2D eigenvalue weighted by Gasteiger charge is 2.68. The molecule has 4 aromatic rings. The van der Waals surface area contributed by atoms with E-state index in [1.54, 1.807) is 12.4 Å². The molecule has 0 aromatic carbocycles. The van der Waals surface area contributed by atoms with Gasteiger partial charge in [0.15, 0.2) is 0 Å². The molecule has 4 heterocycles. The van der Waals surface area contributed by atoms with Crippen molar-refractivity contribution in [1.82, 2.24) is 24.3 Å². The van der Waals surface area contributed by atoms with Gasteiger partial charge in [0.05, 0.1) is 24.1 Å². The van der Waals surface area contributed by atoms with Crippen LogP contribution in [0.3, 0.4) is 0 Å². The molecule has 0 atom stereocenters. The summed E-state index contributed by atoms with van der Waals surface area (Å²) in [6.07, 6.45) is 11.5. The number of alkyl halides is 1. The van der Waals surface area contributed by atoms with Crippen LogP contribution in [0.5, 0.6) is 0 Å². The van der Waals surface area contributed by atoms with Gasteiger partial charge in [0, 0.05) is 54.8 Å². The number of hydrogen-bond acceptors (Lipinski definition) is 6. The molecule has 9 heteroatoms. The maximum Gasteiger partial charge on any atom is 0.137 e. The van der Waals surface area contributed by atoms with Crippen LogP contribution < -0.4 is 11.2 Å². The van der Waals surface area contributed by atoms with Gasteiger partial charge in [-0.1, -0.05) is 6.07 Å². The molecule has 3 N–H and O–H groups in total. The average Bonchev–Trinajstić information content (AvgIpc) is 3.41. The quantitative estimate of drug-likeness (QED) is 0.207. The first-order valence-corrected chi connectivity index (χ1v) is 12.6. The number of nitrogens with one attached hydrogen (secondary N) is 1. The van der Waals surface area contributed by atoms with E-state index in [1.165, 1.54) is 5.56 Å². The maximum atomic E-state index is 13.7. The minimum absolute atomic E-state index is 0.211. The average molecular weight is 499 g/mol. The second-order valence-corrected chi connectivity index (χ2v) is 10.7. The molecule has 7 rings (SSSR count). The Hall–Kier alpha value is -3.85. The van der Waals surface area contributed by atoms with E-state index in [4.69, 9.17) is 5.84 Å². The van der Waals surface area contributed by atoms with E-state index in [0.29, 0.717) is 12.3 Å². The predicted molar refractivity (Wildman–Crippen MR) is 143 cm³/mol. The Morgan fingerprint density at radius 2 is 1.92 bits per heavy atom. The molecule has 190 valence electrons. The van der Waals surface area contributed by atoms with Crippen LogP contribution in [0.2, 0.25) is 0 Å². The van der Waals surface area contributed by atoms with E-state index in [-0.39, 0.29) is 5.41 Å². The first-order chi connectivity index (χ1) is 17.9. The second kappa shape index (κ2) is 8.92. The summed E-state index contributed by atoms with van der Waals surface area (Å²) in [6, 6.07) is 10.3. The summed E-state index contributed by atoms with van der Waals surface area (Å²) in [6.45, 7) is 6.17. The fraction of sp³-hybridized carbons (Fsp3) is 0.357. The Labute approximate surface area is 215 Å². The predicted octanol–water partition coefficient (Wildman–Crippen LogP) is 4.05. The molecule has 3 aliphatic rings. The van der Waals surface area contributed by atoms with E-state index in [9.17, 15) is 4.39 Å². The number of hydrogen-bond donors (Lipinski definition) is 2. The lowest BCUT2D eigenvalue weighted by Gasteiger charge is -2.66. The molecule has 4 aromatic heterocycles. The molecule has 0 spiro atoms. The zero-order valence-electron chi connectivity index (χ0n) is 21.2. The summed E-state index contributed by atoms with van der Waals surface area (Å²) in [7, 11) is 0. The molecule has 3 fully saturated rings. The normalized spacial score (nSPS) is 22.9. The SMILES string of the molecule is Cc1ccc(C)n1-c1cncc(C(C=NCc2cn3cc(CNCC45CC(F)(C4)C5)ccc3n2)=NN)c1. The van der Waals surface area contributed by atoms with Gasteiger partial charge < -0.3 is 20.1 Å². The number of pyridine rings is 2. The van der Waals surface area contributed by atoms with E-state index < -0.39 is 5.67 Å². The van der Waals surface area contributed by atoms with Crippen LogP contribution in [0.4, 0.5) is 4.39 Å². The Balaban J connectivity index is 1.09. The zero-order chi connectivity index (χ0) is 25.6. The van der Waals surface area contributed by atoms with E-state index >= 15 is 0 Å². The van der Waals surface area contributed by atoms with Gasteiger partial charge in [0.25, 0.3) is 0 Å². The van der Waals surface area contributed by atoms with Crippen molar-refractivity contribution >= 4 is 17.6 Å². The number of hydrazone groups is 1. The van der Waals surface area contributed by atoms with Crippen molar-refractivity contribution in [2.24, 2.45) is 21.4 Å². The number of halogens is 1. The molecule has 0 unspecified atom stereocenters. The summed E-state index contributed by atoms with van der Waals surface area (Å²) in [5, 5.41) is 7.44. The Morgan fingerprint density at radius 3 is 2.65 bits per heavy atom. The number of fused-ring (bicyclic) bond motifs is 1. The van der Waals surface area contributed by atoms with Crippen molar-refractivity contribution in [1.29, 1.82) is 0 Å². The van der Waals surface area contributed by atoms with Crippen LogP contribution in [-0.4, -0.2) is 43.1 Å². The van der Waals surface area contributed by atoms with Gasteiger partial charge in [0.1, 0.15) is 17.0 Å². The lowest BCUT2D eigenvalue weighted by atomic mass is 9.42. The molecule has 37 heavy (non-hydrogen) atoms. The van der Waals surface area contributed by atoms with Crippen molar-refractivity contribution in [3.8, 4) is 5.69 Å². The van der Waals surface area contributed by atoms with Crippen LogP contribution in [-0.2, 0) is 13.1 Å². The highest BCUT2D eigenvalue weighted by atomic mass is 19.1. The second-order valence-electron chi connectivity index (χ2n) is 10.7. The van der Waals surface area contributed by atoms with Crippen molar-refractivity contribution < 1.29 is 4.39 Å². The number of aromatic nitrogens is 4. The number of imidazole rings is 1. The fourth-order valence-electron chi connectivity index (χ4n) is 5.97. The summed E-state index contributed by atoms with van der Waals surface area (Å²) in [4.78, 5) is 13.6. The van der Waals surface area contributed by atoms with Crippen LogP contribution in [0.1, 0.15) is 47.5 Å². The standard InChI is InChI=1S/C28H31FN8/c1-19-3-4-20(2)37(19)24-7-22(9-31-11-24)25(35-30)12-32-10-23-14-36-13-21(5-6-26(36)34-23)8-33-18-27-15-28(29,16-27)17-27/h3-7,9,11-14,33H,8,10,15-18,30H2,1-2H3. The molecular formula is C28H31FN8. The van der Waals surface area contributed by atoms with Crippen molar-refractivity contribution in [3.05, 3.63) is 83.3 Å². The molecule has 8 nitrogen and oxygen atoms in total. The topological polar surface area (TPSA) is 97.9 Å². The monoisotopic (exact) mass is 498 g/mol. The van der Waals surface area contributed by atoms with Gasteiger partial charge in [-0.3, -0.25) is 9.98 Å². The number of nitrogens with zero attached hydrogens (tertiary/aromatic N) is 6. The van der Waals surface area contributed by atoms with Crippen LogP contribution in [0.15, 0.2) is 65.2 Å². The molecular weight excluding hydrogens is 467 g/mol. The number of aryl methyl sites for hydroxylation is 2. The fourth-order valence-corrected chi connectivity index (χ4v) is 5.97.